The molecule has 0 heterocycles. The first-order valence-electron chi connectivity index (χ1n) is 11.3. The molecule has 33 heavy (non-hydrogen) atoms. The van der Waals surface area contributed by atoms with Gasteiger partial charge in [0.05, 0.1) is 46.2 Å². The molecular weight excluding hydrogens is 456 g/mol. The molecule has 0 aromatic carbocycles. The molecule has 0 spiro atoms. The highest BCUT2D eigenvalue weighted by atomic mass is 35.5. The van der Waals surface area contributed by atoms with Gasteiger partial charge in [0.1, 0.15) is 13.2 Å². The molecule has 0 aliphatic heterocycles. The zero-order chi connectivity index (χ0) is 24.2. The Hall–Kier alpha value is -1.59. The van der Waals surface area contributed by atoms with Crippen molar-refractivity contribution in [1.82, 2.24) is 10.6 Å². The molecule has 2 N–H and O–H groups in total. The van der Waals surface area contributed by atoms with Gasteiger partial charge in [-0.15, -0.1) is 11.6 Å². The zero-order valence-corrected chi connectivity index (χ0v) is 20.3. The summed E-state index contributed by atoms with van der Waals surface area (Å²) in [6, 6.07) is 0. The Bertz CT molecular complexity index is 483. The number of halogens is 1. The van der Waals surface area contributed by atoms with Crippen LogP contribution >= 0.6 is 11.6 Å². The topological polar surface area (TPSA) is 114 Å². The van der Waals surface area contributed by atoms with Crippen molar-refractivity contribution in [2.24, 2.45) is 0 Å². The number of hydrogen-bond donors (Lipinski definition) is 2. The van der Waals surface area contributed by atoms with E-state index in [9.17, 15) is 9.59 Å². The first kappa shape index (κ1) is 31.4. The van der Waals surface area contributed by atoms with Crippen LogP contribution in [0.1, 0.15) is 25.7 Å². The number of ether oxygens (including phenoxy) is 6. The predicted octanol–water partition coefficient (Wildman–Crippen LogP) is 2.69. The third-order valence-corrected chi connectivity index (χ3v) is 4.15. The van der Waals surface area contributed by atoms with Gasteiger partial charge in [-0.05, 0) is 19.8 Å². The van der Waals surface area contributed by atoms with Crippen molar-refractivity contribution in [2.75, 3.05) is 85.0 Å². The minimum absolute atomic E-state index is 0.139. The molecule has 0 unspecified atom stereocenters. The summed E-state index contributed by atoms with van der Waals surface area (Å²) >= 11 is 5.62. The first-order valence-corrected chi connectivity index (χ1v) is 11.9. The molecule has 0 saturated carbocycles. The molecule has 0 rings (SSSR count). The van der Waals surface area contributed by atoms with Crippen LogP contribution in [-0.2, 0) is 28.4 Å². The summed E-state index contributed by atoms with van der Waals surface area (Å²) in [6.45, 7) is 7.98. The second-order valence-electron chi connectivity index (χ2n) is 6.61. The number of carbonyl (C=O) groups excluding carboxylic acids is 2. The van der Waals surface area contributed by atoms with Crippen molar-refractivity contribution in [2.45, 2.75) is 25.7 Å². The van der Waals surface area contributed by atoms with E-state index in [4.69, 9.17) is 40.0 Å². The smallest absolute Gasteiger partial charge is 0.407 e. The minimum atomic E-state index is -0.518. The van der Waals surface area contributed by atoms with Gasteiger partial charge in [-0.3, -0.25) is 0 Å². The molecule has 0 aromatic heterocycles. The van der Waals surface area contributed by atoms with E-state index in [2.05, 4.69) is 17.6 Å². The van der Waals surface area contributed by atoms with Gasteiger partial charge in [-0.1, -0.05) is 25.0 Å². The molecule has 0 aromatic rings. The Morgan fingerprint density at radius 2 is 1.18 bits per heavy atom. The zero-order valence-electron chi connectivity index (χ0n) is 19.5. The van der Waals surface area contributed by atoms with Gasteiger partial charge in [0.25, 0.3) is 0 Å². The number of rotatable bonds is 23. The number of carbonyl (C=O) groups is 2. The van der Waals surface area contributed by atoms with Crippen molar-refractivity contribution in [3.05, 3.63) is 19.1 Å². The van der Waals surface area contributed by atoms with Gasteiger partial charge in [0, 0.05) is 25.6 Å². The van der Waals surface area contributed by atoms with Crippen molar-refractivity contribution in [3.63, 3.8) is 0 Å². The van der Waals surface area contributed by atoms with Gasteiger partial charge in [-0.2, -0.15) is 0 Å². The molecule has 11 heteroatoms. The quantitative estimate of drug-likeness (QED) is 0.164. The van der Waals surface area contributed by atoms with E-state index in [1.54, 1.807) is 12.2 Å². The molecule has 10 nitrogen and oxygen atoms in total. The maximum atomic E-state index is 11.5. The van der Waals surface area contributed by atoms with E-state index in [1.807, 2.05) is 0 Å². The third kappa shape index (κ3) is 26.5. The Morgan fingerprint density at radius 3 is 1.79 bits per heavy atom. The summed E-state index contributed by atoms with van der Waals surface area (Å²) in [5.74, 6) is 0.720. The van der Waals surface area contributed by atoms with Crippen LogP contribution < -0.4 is 10.6 Å². The van der Waals surface area contributed by atoms with E-state index < -0.39 is 12.2 Å². The maximum absolute atomic E-state index is 11.5. The second kappa shape index (κ2) is 26.7. The van der Waals surface area contributed by atoms with Gasteiger partial charge in [-0.25, -0.2) is 9.59 Å². The highest BCUT2D eigenvalue weighted by Gasteiger charge is 2.01. The molecule has 0 aliphatic carbocycles. The normalized spacial score (nSPS) is 11.0. The molecule has 0 aliphatic rings. The van der Waals surface area contributed by atoms with Crippen LogP contribution in [0.4, 0.5) is 9.59 Å². The summed E-state index contributed by atoms with van der Waals surface area (Å²) in [4.78, 5) is 22.7. The van der Waals surface area contributed by atoms with Crippen LogP contribution in [0.3, 0.4) is 0 Å². The third-order valence-electron chi connectivity index (χ3n) is 3.89. The van der Waals surface area contributed by atoms with Crippen molar-refractivity contribution in [1.29, 1.82) is 0 Å². The van der Waals surface area contributed by atoms with Crippen molar-refractivity contribution >= 4 is 23.8 Å². The van der Waals surface area contributed by atoms with Crippen LogP contribution in [-0.4, -0.2) is 97.2 Å². The van der Waals surface area contributed by atoms with Gasteiger partial charge >= 0.3 is 12.2 Å². The first-order chi connectivity index (χ1) is 16.2. The summed E-state index contributed by atoms with van der Waals surface area (Å²) < 4.78 is 31.2. The molecule has 0 fully saturated rings. The second-order valence-corrected chi connectivity index (χ2v) is 6.99. The predicted molar refractivity (Wildman–Crippen MR) is 126 cm³/mol. The lowest BCUT2D eigenvalue weighted by molar-refractivity contribution is 0.0276. The molecule has 0 atom stereocenters. The number of allylic oxidation sites excluding steroid dienone is 1. The van der Waals surface area contributed by atoms with E-state index >= 15 is 0 Å². The standard InChI is InChI=1S/C22H40ClN2O8/c1-2-3-12-32-21(26)24-9-13-30-17-18-31-19-20-33-22(27)25-10-14-29-16-15-28-11-7-5-4-6-8-23/h2-3H,1,4-20H2,(H,24,26)(H,25,27)/b3-2+. The summed E-state index contributed by atoms with van der Waals surface area (Å²) in [6.07, 6.45) is 6.51. The van der Waals surface area contributed by atoms with Crippen LogP contribution in [0, 0.1) is 6.92 Å². The van der Waals surface area contributed by atoms with Gasteiger partial charge < -0.3 is 39.1 Å². The minimum Gasteiger partial charge on any atom is -0.447 e. The Morgan fingerprint density at radius 1 is 0.667 bits per heavy atom. The fourth-order valence-corrected chi connectivity index (χ4v) is 2.42. The number of alkyl halides is 1. The maximum Gasteiger partial charge on any atom is 0.407 e. The van der Waals surface area contributed by atoms with E-state index in [0.29, 0.717) is 52.7 Å². The average Bonchev–Trinajstić information content (AvgIpc) is 2.81. The number of alkyl carbamates (subject to hydrolysis) is 2. The Kier molecular flexibility index (Phi) is 25.4. The molecule has 1 radical (unpaired) electrons. The molecular formula is C22H40ClN2O8. The summed E-state index contributed by atoms with van der Waals surface area (Å²) in [7, 11) is 0. The molecule has 2 amide bonds. The van der Waals surface area contributed by atoms with Gasteiger partial charge in [0.2, 0.25) is 0 Å². The SMILES string of the molecule is [CH2]/C=C/COC(=O)NCCOCCOCCOC(=O)NCCOCCOCCCCCCCl. The monoisotopic (exact) mass is 495 g/mol. The lowest BCUT2D eigenvalue weighted by Crippen LogP contribution is -2.29. The number of nitrogens with one attached hydrogen (secondary N) is 2. The largest absolute Gasteiger partial charge is 0.447 e. The summed E-state index contributed by atoms with van der Waals surface area (Å²) in [5, 5.41) is 5.14. The lowest BCUT2D eigenvalue weighted by atomic mass is 10.2. The highest BCUT2D eigenvalue weighted by Crippen LogP contribution is 2.01. The Balaban J connectivity index is 3.22. The van der Waals surface area contributed by atoms with Crippen molar-refractivity contribution in [3.8, 4) is 0 Å². The fourth-order valence-electron chi connectivity index (χ4n) is 2.23. The van der Waals surface area contributed by atoms with Crippen LogP contribution in [0.5, 0.6) is 0 Å². The Labute approximate surface area is 202 Å². The highest BCUT2D eigenvalue weighted by molar-refractivity contribution is 6.17. The van der Waals surface area contributed by atoms with E-state index in [0.717, 1.165) is 38.2 Å². The van der Waals surface area contributed by atoms with Gasteiger partial charge in [0.15, 0.2) is 0 Å². The van der Waals surface area contributed by atoms with Crippen LogP contribution in [0.2, 0.25) is 0 Å². The van der Waals surface area contributed by atoms with Crippen molar-refractivity contribution < 1.29 is 38.0 Å². The van der Waals surface area contributed by atoms with Crippen LogP contribution in [0.15, 0.2) is 12.2 Å². The van der Waals surface area contributed by atoms with E-state index in [-0.39, 0.29) is 19.8 Å². The van der Waals surface area contributed by atoms with Crippen LogP contribution in [0.25, 0.3) is 0 Å². The lowest BCUT2D eigenvalue weighted by Gasteiger charge is -2.09. The number of unbranched alkanes of at least 4 members (excludes halogenated alkanes) is 3. The molecule has 0 bridgehead atoms. The summed E-state index contributed by atoms with van der Waals surface area (Å²) in [5.41, 5.74) is 0. The molecule has 0 saturated heterocycles. The molecule has 193 valence electrons. The number of hydrogen-bond acceptors (Lipinski definition) is 8. The van der Waals surface area contributed by atoms with E-state index in [1.165, 1.54) is 0 Å². The average molecular weight is 496 g/mol. The number of amides is 2. The fraction of sp³-hybridized carbons (Fsp3) is 0.773.